The Morgan fingerprint density at radius 3 is 2.61 bits per heavy atom. The number of rotatable bonds is 14. The van der Waals surface area contributed by atoms with Crippen molar-refractivity contribution >= 4 is 45.2 Å². The lowest BCUT2D eigenvalue weighted by Gasteiger charge is -2.29. The Labute approximate surface area is 221 Å². The summed E-state index contributed by atoms with van der Waals surface area (Å²) < 4.78 is 6.47. The SMILES string of the molecule is CC(C)CC(=O)NCCOc1ccc(Nc2ncc(Br)c(NCCCN(C)C(=O)C3CCC3)n2)cc1. The molecule has 0 aliphatic heterocycles. The summed E-state index contributed by atoms with van der Waals surface area (Å²) in [4.78, 5) is 34.7. The van der Waals surface area contributed by atoms with Crippen LogP contribution in [0.15, 0.2) is 34.9 Å². The number of nitrogens with zero attached hydrogens (tertiary/aromatic N) is 3. The van der Waals surface area contributed by atoms with Crippen LogP contribution in [0.3, 0.4) is 0 Å². The van der Waals surface area contributed by atoms with Crippen molar-refractivity contribution in [1.29, 1.82) is 0 Å². The van der Waals surface area contributed by atoms with Crippen LogP contribution in [0, 0.1) is 11.8 Å². The van der Waals surface area contributed by atoms with E-state index in [1.54, 1.807) is 6.20 Å². The van der Waals surface area contributed by atoms with Gasteiger partial charge in [-0.2, -0.15) is 4.98 Å². The van der Waals surface area contributed by atoms with Crippen molar-refractivity contribution in [3.8, 4) is 5.75 Å². The maximum Gasteiger partial charge on any atom is 0.229 e. The van der Waals surface area contributed by atoms with Gasteiger partial charge in [-0.1, -0.05) is 20.3 Å². The van der Waals surface area contributed by atoms with Crippen LogP contribution < -0.4 is 20.7 Å². The monoisotopic (exact) mass is 560 g/mol. The summed E-state index contributed by atoms with van der Waals surface area (Å²) >= 11 is 3.49. The number of nitrogens with one attached hydrogen (secondary N) is 3. The van der Waals surface area contributed by atoms with Gasteiger partial charge in [-0.3, -0.25) is 9.59 Å². The van der Waals surface area contributed by atoms with Gasteiger partial charge in [0, 0.05) is 44.4 Å². The van der Waals surface area contributed by atoms with E-state index in [9.17, 15) is 9.59 Å². The third kappa shape index (κ3) is 8.96. The van der Waals surface area contributed by atoms with Gasteiger partial charge in [0.2, 0.25) is 17.8 Å². The quantitative estimate of drug-likeness (QED) is 0.290. The Kier molecular flexibility index (Phi) is 10.8. The largest absolute Gasteiger partial charge is 0.492 e. The molecule has 1 aliphatic carbocycles. The molecular weight excluding hydrogens is 524 g/mol. The average molecular weight is 562 g/mol. The van der Waals surface area contributed by atoms with E-state index in [-0.39, 0.29) is 17.7 Å². The van der Waals surface area contributed by atoms with Crippen molar-refractivity contribution in [3.63, 3.8) is 0 Å². The van der Waals surface area contributed by atoms with E-state index in [0.717, 1.165) is 41.7 Å². The zero-order valence-corrected chi connectivity index (χ0v) is 22.9. The van der Waals surface area contributed by atoms with Crippen molar-refractivity contribution in [1.82, 2.24) is 20.2 Å². The highest BCUT2D eigenvalue weighted by atomic mass is 79.9. The molecule has 0 unspecified atom stereocenters. The molecule has 1 aromatic heterocycles. The lowest BCUT2D eigenvalue weighted by atomic mass is 9.84. The fourth-order valence-corrected chi connectivity index (χ4v) is 4.05. The van der Waals surface area contributed by atoms with Crippen LogP contribution in [0.25, 0.3) is 0 Å². The number of benzene rings is 1. The van der Waals surface area contributed by atoms with Crippen LogP contribution in [0.4, 0.5) is 17.5 Å². The van der Waals surface area contributed by atoms with Gasteiger partial charge in [-0.15, -0.1) is 0 Å². The Morgan fingerprint density at radius 1 is 1.19 bits per heavy atom. The minimum Gasteiger partial charge on any atom is -0.492 e. The molecule has 2 amide bonds. The second-order valence-electron chi connectivity index (χ2n) is 9.50. The van der Waals surface area contributed by atoms with E-state index in [4.69, 9.17) is 4.74 Å². The van der Waals surface area contributed by atoms with Gasteiger partial charge in [0.1, 0.15) is 18.2 Å². The van der Waals surface area contributed by atoms with Gasteiger partial charge in [0.05, 0.1) is 11.0 Å². The van der Waals surface area contributed by atoms with Crippen LogP contribution in [0.1, 0.15) is 46.0 Å². The van der Waals surface area contributed by atoms with Crippen LogP contribution in [-0.2, 0) is 9.59 Å². The van der Waals surface area contributed by atoms with E-state index in [1.165, 1.54) is 6.42 Å². The number of aromatic nitrogens is 2. The number of amides is 2. The standard InChI is InChI=1S/C26H37BrN6O3/c1-18(2)16-23(34)28-13-15-36-21-10-8-20(9-11-21)31-26-30-17-22(27)24(32-26)29-12-5-14-33(3)25(35)19-6-4-7-19/h8-11,17-19H,4-7,12-16H2,1-3H3,(H,28,34)(H2,29,30,31,32). The fourth-order valence-electron chi connectivity index (χ4n) is 3.72. The second kappa shape index (κ2) is 14.0. The number of hydrogen-bond acceptors (Lipinski definition) is 7. The number of carbonyl (C=O) groups is 2. The fraction of sp³-hybridized carbons (Fsp3) is 0.538. The third-order valence-electron chi connectivity index (χ3n) is 5.93. The van der Waals surface area contributed by atoms with Crippen molar-refractivity contribution in [2.24, 2.45) is 11.8 Å². The molecule has 1 heterocycles. The molecule has 1 aromatic carbocycles. The van der Waals surface area contributed by atoms with Crippen LogP contribution in [0.5, 0.6) is 5.75 Å². The minimum atomic E-state index is 0.0443. The molecule has 9 nitrogen and oxygen atoms in total. The molecule has 1 aliphatic rings. The lowest BCUT2D eigenvalue weighted by molar-refractivity contribution is -0.136. The molecule has 36 heavy (non-hydrogen) atoms. The third-order valence-corrected chi connectivity index (χ3v) is 6.51. The number of ether oxygens (including phenoxy) is 1. The summed E-state index contributed by atoms with van der Waals surface area (Å²) in [5.41, 5.74) is 0.831. The first-order chi connectivity index (χ1) is 17.3. The molecule has 0 bridgehead atoms. The molecule has 0 atom stereocenters. The predicted octanol–water partition coefficient (Wildman–Crippen LogP) is 4.58. The molecule has 0 saturated heterocycles. The van der Waals surface area contributed by atoms with Gasteiger partial charge in [-0.25, -0.2) is 4.98 Å². The second-order valence-corrected chi connectivity index (χ2v) is 10.4. The topological polar surface area (TPSA) is 108 Å². The Balaban J connectivity index is 1.40. The number of hydrogen-bond donors (Lipinski definition) is 3. The zero-order chi connectivity index (χ0) is 25.9. The van der Waals surface area contributed by atoms with Gasteiger partial charge >= 0.3 is 0 Å². The highest BCUT2D eigenvalue weighted by Gasteiger charge is 2.27. The molecule has 0 spiro atoms. The first kappa shape index (κ1) is 27.7. The van der Waals surface area contributed by atoms with E-state index < -0.39 is 0 Å². The van der Waals surface area contributed by atoms with Gasteiger partial charge in [0.25, 0.3) is 0 Å². The number of carbonyl (C=O) groups excluding carboxylic acids is 2. The Morgan fingerprint density at radius 2 is 1.94 bits per heavy atom. The summed E-state index contributed by atoms with van der Waals surface area (Å²) in [6.07, 6.45) is 6.28. The van der Waals surface area contributed by atoms with E-state index in [0.29, 0.717) is 43.8 Å². The van der Waals surface area contributed by atoms with Gasteiger partial charge in [0.15, 0.2) is 0 Å². The molecule has 10 heteroatoms. The summed E-state index contributed by atoms with van der Waals surface area (Å²) in [5, 5.41) is 9.38. The molecule has 2 aromatic rings. The van der Waals surface area contributed by atoms with Crippen LogP contribution >= 0.6 is 15.9 Å². The molecule has 196 valence electrons. The molecule has 1 fully saturated rings. The molecule has 3 N–H and O–H groups in total. The zero-order valence-electron chi connectivity index (χ0n) is 21.3. The summed E-state index contributed by atoms with van der Waals surface area (Å²) in [6.45, 7) is 6.33. The van der Waals surface area contributed by atoms with Crippen LogP contribution in [-0.4, -0.2) is 60.0 Å². The average Bonchev–Trinajstić information content (AvgIpc) is 2.80. The first-order valence-corrected chi connectivity index (χ1v) is 13.4. The molecule has 1 saturated carbocycles. The highest BCUT2D eigenvalue weighted by molar-refractivity contribution is 9.10. The predicted molar refractivity (Wildman–Crippen MR) is 146 cm³/mol. The van der Waals surface area contributed by atoms with Crippen molar-refractivity contribution in [2.45, 2.75) is 46.0 Å². The number of halogens is 1. The normalized spacial score (nSPS) is 13.1. The highest BCUT2D eigenvalue weighted by Crippen LogP contribution is 2.28. The van der Waals surface area contributed by atoms with Crippen LogP contribution in [0.2, 0.25) is 0 Å². The summed E-state index contributed by atoms with van der Waals surface area (Å²) in [7, 11) is 1.88. The smallest absolute Gasteiger partial charge is 0.229 e. The van der Waals surface area contributed by atoms with E-state index in [2.05, 4.69) is 41.8 Å². The summed E-state index contributed by atoms with van der Waals surface area (Å²) in [6, 6.07) is 7.50. The van der Waals surface area contributed by atoms with Crippen molar-refractivity contribution in [2.75, 3.05) is 43.9 Å². The Hall–Kier alpha value is -2.88. The van der Waals surface area contributed by atoms with Crippen molar-refractivity contribution in [3.05, 3.63) is 34.9 Å². The molecule has 3 rings (SSSR count). The van der Waals surface area contributed by atoms with E-state index >= 15 is 0 Å². The molecular formula is C26H37BrN6O3. The maximum absolute atomic E-state index is 12.3. The van der Waals surface area contributed by atoms with Crippen molar-refractivity contribution < 1.29 is 14.3 Å². The lowest BCUT2D eigenvalue weighted by Crippen LogP contribution is -2.37. The minimum absolute atomic E-state index is 0.0443. The van der Waals surface area contributed by atoms with Gasteiger partial charge < -0.3 is 25.6 Å². The van der Waals surface area contributed by atoms with E-state index in [1.807, 2.05) is 50.1 Å². The maximum atomic E-state index is 12.3. The van der Waals surface area contributed by atoms with Gasteiger partial charge in [-0.05, 0) is 65.4 Å². The number of anilines is 3. The summed E-state index contributed by atoms with van der Waals surface area (Å²) in [5.74, 6) is 2.77. The Bertz CT molecular complexity index is 998. The molecule has 0 radical (unpaired) electrons. The first-order valence-electron chi connectivity index (χ1n) is 12.6.